The van der Waals surface area contributed by atoms with Crippen molar-refractivity contribution in [2.45, 2.75) is 24.0 Å². The first-order chi connectivity index (χ1) is 17.1. The Balaban J connectivity index is 1.13. The minimum atomic E-state index is -0.359. The van der Waals surface area contributed by atoms with E-state index in [1.54, 1.807) is 12.0 Å². The summed E-state index contributed by atoms with van der Waals surface area (Å²) in [5.74, 6) is 1.18. The Morgan fingerprint density at radius 2 is 2.11 bits per heavy atom. The number of aromatic nitrogens is 1. The third-order valence-corrected chi connectivity index (χ3v) is 7.02. The molecule has 2 amide bonds. The summed E-state index contributed by atoms with van der Waals surface area (Å²) in [4.78, 5) is 31.3. The lowest BCUT2D eigenvalue weighted by Gasteiger charge is -2.20. The van der Waals surface area contributed by atoms with Crippen molar-refractivity contribution in [1.29, 1.82) is 0 Å². The number of carbonyl (C=O) groups is 2. The second kappa shape index (κ2) is 10.4. The zero-order chi connectivity index (χ0) is 24.2. The van der Waals surface area contributed by atoms with Gasteiger partial charge in [-0.15, -0.1) is 11.8 Å². The van der Waals surface area contributed by atoms with Gasteiger partial charge in [0.1, 0.15) is 11.9 Å². The van der Waals surface area contributed by atoms with Crippen LogP contribution in [0.1, 0.15) is 12.0 Å². The Labute approximate surface area is 208 Å². The molecule has 180 valence electrons. The van der Waals surface area contributed by atoms with Crippen molar-refractivity contribution in [2.24, 2.45) is 0 Å². The highest BCUT2D eigenvalue weighted by atomic mass is 32.2. The first-order valence-electron chi connectivity index (χ1n) is 11.4. The molecule has 2 aromatic carbocycles. The summed E-state index contributed by atoms with van der Waals surface area (Å²) in [6, 6.07) is 17.6. The van der Waals surface area contributed by atoms with E-state index in [0.29, 0.717) is 31.8 Å². The van der Waals surface area contributed by atoms with Crippen molar-refractivity contribution in [2.75, 3.05) is 36.2 Å². The molecule has 0 radical (unpaired) electrons. The summed E-state index contributed by atoms with van der Waals surface area (Å²) in [5, 5.41) is 6.30. The van der Waals surface area contributed by atoms with Crippen molar-refractivity contribution >= 4 is 35.1 Å². The number of cyclic esters (lactones) is 1. The van der Waals surface area contributed by atoms with E-state index < -0.39 is 0 Å². The predicted octanol–water partition coefficient (Wildman–Crippen LogP) is 4.31. The Morgan fingerprint density at radius 3 is 3.00 bits per heavy atom. The normalized spacial score (nSPS) is 17.1. The second-order valence-electron chi connectivity index (χ2n) is 8.38. The Bertz CT molecular complexity index is 1250. The van der Waals surface area contributed by atoms with Crippen LogP contribution in [0.3, 0.4) is 0 Å². The fourth-order valence-electron chi connectivity index (χ4n) is 4.14. The van der Waals surface area contributed by atoms with Gasteiger partial charge in [-0.3, -0.25) is 14.7 Å². The molecule has 8 nitrogen and oxygen atoms in total. The molecule has 9 heteroatoms. The number of hydrogen-bond donors (Lipinski definition) is 2. The highest BCUT2D eigenvalue weighted by molar-refractivity contribution is 8.00. The summed E-state index contributed by atoms with van der Waals surface area (Å²) in [6.45, 7) is 1.88. The molecule has 2 aliphatic rings. The number of pyridine rings is 1. The second-order valence-corrected chi connectivity index (χ2v) is 9.40. The van der Waals surface area contributed by atoms with Gasteiger partial charge in [-0.25, -0.2) is 4.79 Å². The number of rotatable bonds is 8. The van der Waals surface area contributed by atoms with Crippen LogP contribution in [-0.4, -0.2) is 49.0 Å². The molecular weight excluding hydrogens is 464 g/mol. The van der Waals surface area contributed by atoms with Crippen LogP contribution >= 0.6 is 11.8 Å². The molecule has 1 saturated heterocycles. The van der Waals surface area contributed by atoms with E-state index in [2.05, 4.69) is 21.7 Å². The van der Waals surface area contributed by atoms with Gasteiger partial charge in [-0.1, -0.05) is 12.1 Å². The van der Waals surface area contributed by atoms with Gasteiger partial charge in [0, 0.05) is 28.9 Å². The monoisotopic (exact) mass is 490 g/mol. The summed E-state index contributed by atoms with van der Waals surface area (Å²) in [6.07, 6.45) is 1.96. The molecule has 1 unspecified atom stereocenters. The number of amides is 2. The molecule has 2 aliphatic heterocycles. The molecule has 35 heavy (non-hydrogen) atoms. The van der Waals surface area contributed by atoms with E-state index in [9.17, 15) is 9.59 Å². The molecule has 0 aliphatic carbocycles. The third kappa shape index (κ3) is 5.41. The Morgan fingerprint density at radius 1 is 1.20 bits per heavy atom. The lowest BCUT2D eigenvalue weighted by atomic mass is 10.1. The molecule has 3 heterocycles. The van der Waals surface area contributed by atoms with Crippen LogP contribution in [0.15, 0.2) is 65.7 Å². The largest absolute Gasteiger partial charge is 0.497 e. The van der Waals surface area contributed by atoms with E-state index in [1.807, 2.05) is 54.7 Å². The fourth-order valence-corrected chi connectivity index (χ4v) is 4.93. The van der Waals surface area contributed by atoms with Gasteiger partial charge < -0.3 is 20.1 Å². The van der Waals surface area contributed by atoms with Gasteiger partial charge in [0.2, 0.25) is 5.91 Å². The van der Waals surface area contributed by atoms with E-state index in [1.165, 1.54) is 11.8 Å². The Kier molecular flexibility index (Phi) is 6.87. The number of fused-ring (bicyclic) bond motifs is 1. The van der Waals surface area contributed by atoms with Gasteiger partial charge >= 0.3 is 6.09 Å². The lowest BCUT2D eigenvalue weighted by molar-refractivity contribution is -0.113. The maximum Gasteiger partial charge on any atom is 0.414 e. The highest BCUT2D eigenvalue weighted by Gasteiger charge is 2.32. The van der Waals surface area contributed by atoms with Crippen molar-refractivity contribution in [3.05, 3.63) is 66.4 Å². The van der Waals surface area contributed by atoms with Gasteiger partial charge in [-0.2, -0.15) is 0 Å². The molecular formula is C26H26N4O4S. The van der Waals surface area contributed by atoms with Gasteiger partial charge in [0.15, 0.2) is 0 Å². The van der Waals surface area contributed by atoms with E-state index in [-0.39, 0.29) is 18.1 Å². The van der Waals surface area contributed by atoms with Crippen molar-refractivity contribution in [1.82, 2.24) is 10.3 Å². The first-order valence-corrected chi connectivity index (χ1v) is 12.4. The van der Waals surface area contributed by atoms with Crippen LogP contribution in [-0.2, 0) is 16.1 Å². The third-order valence-electron chi connectivity index (χ3n) is 5.94. The van der Waals surface area contributed by atoms with Crippen molar-refractivity contribution < 1.29 is 19.1 Å². The van der Waals surface area contributed by atoms with E-state index in [0.717, 1.165) is 38.8 Å². The Hall–Kier alpha value is -3.56. The molecule has 1 aromatic heterocycles. The number of thioether (sulfide) groups is 1. The molecule has 0 spiro atoms. The SMILES string of the molecule is COc1cccc(-c2cc(CNCCC3CN(c4ccc5c(c4)NC(=O)CS5)C(=O)O3)ccn2)c1. The first kappa shape index (κ1) is 23.2. The van der Waals surface area contributed by atoms with Crippen LogP contribution in [0.5, 0.6) is 5.75 Å². The smallest absolute Gasteiger partial charge is 0.414 e. The summed E-state index contributed by atoms with van der Waals surface area (Å²) in [7, 11) is 1.65. The molecule has 1 fully saturated rings. The minimum Gasteiger partial charge on any atom is -0.497 e. The minimum absolute atomic E-state index is 0.0302. The van der Waals surface area contributed by atoms with Gasteiger partial charge in [0.25, 0.3) is 0 Å². The van der Waals surface area contributed by atoms with Crippen LogP contribution in [0, 0.1) is 0 Å². The highest BCUT2D eigenvalue weighted by Crippen LogP contribution is 2.35. The molecule has 0 saturated carbocycles. The fraction of sp³-hybridized carbons (Fsp3) is 0.269. The molecule has 3 aromatic rings. The van der Waals surface area contributed by atoms with Gasteiger partial charge in [-0.05, 0) is 61.0 Å². The van der Waals surface area contributed by atoms with E-state index in [4.69, 9.17) is 9.47 Å². The number of carbonyl (C=O) groups excluding carboxylic acids is 2. The predicted molar refractivity (Wildman–Crippen MR) is 136 cm³/mol. The maximum atomic E-state index is 12.5. The van der Waals surface area contributed by atoms with Gasteiger partial charge in [0.05, 0.1) is 30.8 Å². The number of hydrogen-bond acceptors (Lipinski definition) is 7. The van der Waals surface area contributed by atoms with E-state index >= 15 is 0 Å². The summed E-state index contributed by atoms with van der Waals surface area (Å²) in [5.41, 5.74) is 4.49. The number of anilines is 2. The van der Waals surface area contributed by atoms with Crippen molar-refractivity contribution in [3.63, 3.8) is 0 Å². The molecule has 0 bridgehead atoms. The molecule has 2 N–H and O–H groups in total. The zero-order valence-corrected chi connectivity index (χ0v) is 20.1. The summed E-state index contributed by atoms with van der Waals surface area (Å²) >= 11 is 1.50. The quantitative estimate of drug-likeness (QED) is 0.455. The average molecular weight is 491 g/mol. The molecule has 1 atom stereocenters. The lowest BCUT2D eigenvalue weighted by Crippen LogP contribution is -2.26. The number of benzene rings is 2. The maximum absolute atomic E-state index is 12.5. The standard InChI is InChI=1S/C26H26N4O4S/c1-33-20-4-2-3-18(12-20)22-11-17(7-10-28-22)14-27-9-8-21-15-30(26(32)34-21)19-5-6-24-23(13-19)29-25(31)16-35-24/h2-7,10-13,21,27H,8-9,14-16H2,1H3,(H,29,31). The topological polar surface area (TPSA) is 92.8 Å². The van der Waals surface area contributed by atoms with Crippen LogP contribution < -0.4 is 20.3 Å². The molecule has 5 rings (SSSR count). The van der Waals surface area contributed by atoms with Crippen LogP contribution in [0.4, 0.5) is 16.2 Å². The van der Waals surface area contributed by atoms with Crippen molar-refractivity contribution in [3.8, 4) is 17.0 Å². The summed E-state index contributed by atoms with van der Waals surface area (Å²) < 4.78 is 10.9. The number of methoxy groups -OCH3 is 1. The van der Waals surface area contributed by atoms with Crippen LogP contribution in [0.25, 0.3) is 11.3 Å². The zero-order valence-electron chi connectivity index (χ0n) is 19.3. The number of nitrogens with one attached hydrogen (secondary N) is 2. The number of nitrogens with zero attached hydrogens (tertiary/aromatic N) is 2. The average Bonchev–Trinajstić information content (AvgIpc) is 3.26. The van der Waals surface area contributed by atoms with Crippen LogP contribution in [0.2, 0.25) is 0 Å². The number of ether oxygens (including phenoxy) is 2.